The minimum atomic E-state index is -4.41. The number of nitrogens with zero attached hydrogens (tertiary/aromatic N) is 1. The van der Waals surface area contributed by atoms with Crippen LogP contribution in [0, 0.1) is 5.92 Å². The molecule has 0 atom stereocenters. The Morgan fingerprint density at radius 1 is 1.19 bits per heavy atom. The molecule has 1 aromatic carbocycles. The van der Waals surface area contributed by atoms with Gasteiger partial charge in [-0.1, -0.05) is 12.1 Å². The fourth-order valence-electron chi connectivity index (χ4n) is 3.10. The molecule has 3 rings (SSSR count). The number of piperidine rings is 1. The zero-order valence-corrected chi connectivity index (χ0v) is 14.5. The molecule has 2 heterocycles. The number of alkyl halides is 3. The normalized spacial score (nSPS) is 15.6. The lowest BCUT2D eigenvalue weighted by Gasteiger charge is -2.31. The Bertz CT molecular complexity index is 795. The standard InChI is InChI=1S/C19H19F3N2O3/c20-19(21,22)16-3-1-2-13(10-16)11-23-17(25)14-4-7-24(8-5-14)18(26)15-6-9-27-12-15/h1-3,6,9-10,12,14H,4-5,7-8,11H2,(H,23,25). The van der Waals surface area contributed by atoms with Crippen LogP contribution in [0.4, 0.5) is 13.2 Å². The highest BCUT2D eigenvalue weighted by Gasteiger charge is 2.31. The quantitative estimate of drug-likeness (QED) is 0.884. The zero-order chi connectivity index (χ0) is 19.4. The number of carbonyl (C=O) groups is 2. The van der Waals surface area contributed by atoms with Gasteiger partial charge in [-0.25, -0.2) is 0 Å². The van der Waals surface area contributed by atoms with Crippen LogP contribution in [-0.4, -0.2) is 29.8 Å². The lowest BCUT2D eigenvalue weighted by atomic mass is 9.95. The number of benzene rings is 1. The lowest BCUT2D eigenvalue weighted by Crippen LogP contribution is -2.42. The third-order valence-electron chi connectivity index (χ3n) is 4.64. The summed E-state index contributed by atoms with van der Waals surface area (Å²) in [6.45, 7) is 0.939. The fraction of sp³-hybridized carbons (Fsp3) is 0.368. The van der Waals surface area contributed by atoms with Crippen molar-refractivity contribution in [2.45, 2.75) is 25.6 Å². The first kappa shape index (κ1) is 19.0. The van der Waals surface area contributed by atoms with Crippen LogP contribution in [0.3, 0.4) is 0 Å². The van der Waals surface area contributed by atoms with Gasteiger partial charge in [0.15, 0.2) is 0 Å². The Morgan fingerprint density at radius 3 is 2.56 bits per heavy atom. The van der Waals surface area contributed by atoms with Gasteiger partial charge < -0.3 is 14.6 Å². The summed E-state index contributed by atoms with van der Waals surface area (Å²) in [6, 6.07) is 6.49. The fourth-order valence-corrected chi connectivity index (χ4v) is 3.10. The number of likely N-dealkylation sites (tertiary alicyclic amines) is 1. The predicted octanol–water partition coefficient (Wildman–Crippen LogP) is 3.47. The summed E-state index contributed by atoms with van der Waals surface area (Å²) in [5.74, 6) is -0.599. The van der Waals surface area contributed by atoms with E-state index in [0.29, 0.717) is 37.1 Å². The monoisotopic (exact) mass is 380 g/mol. The molecular weight excluding hydrogens is 361 g/mol. The van der Waals surface area contributed by atoms with E-state index in [4.69, 9.17) is 4.42 Å². The summed E-state index contributed by atoms with van der Waals surface area (Å²) in [4.78, 5) is 26.2. The minimum Gasteiger partial charge on any atom is -0.472 e. The van der Waals surface area contributed by atoms with E-state index in [-0.39, 0.29) is 24.3 Å². The number of amides is 2. The van der Waals surface area contributed by atoms with Crippen LogP contribution in [0.2, 0.25) is 0 Å². The summed E-state index contributed by atoms with van der Waals surface area (Å²) in [5.41, 5.74) is 0.133. The molecule has 5 nitrogen and oxygen atoms in total. The van der Waals surface area contributed by atoms with Gasteiger partial charge in [0.1, 0.15) is 6.26 Å². The number of hydrogen-bond donors (Lipinski definition) is 1. The van der Waals surface area contributed by atoms with Crippen molar-refractivity contribution in [1.29, 1.82) is 0 Å². The minimum absolute atomic E-state index is 0.0386. The highest BCUT2D eigenvalue weighted by molar-refractivity contribution is 5.94. The van der Waals surface area contributed by atoms with E-state index in [9.17, 15) is 22.8 Å². The molecule has 0 radical (unpaired) electrons. The van der Waals surface area contributed by atoms with Gasteiger partial charge in [-0.15, -0.1) is 0 Å². The Balaban J connectivity index is 1.49. The maximum absolute atomic E-state index is 12.7. The zero-order valence-electron chi connectivity index (χ0n) is 14.5. The number of hydrogen-bond acceptors (Lipinski definition) is 3. The molecule has 1 fully saturated rings. The van der Waals surface area contributed by atoms with Gasteiger partial charge in [-0.3, -0.25) is 9.59 Å². The van der Waals surface area contributed by atoms with Crippen molar-refractivity contribution in [2.75, 3.05) is 13.1 Å². The maximum Gasteiger partial charge on any atom is 0.416 e. The first-order valence-corrected chi connectivity index (χ1v) is 8.60. The molecule has 2 aromatic rings. The van der Waals surface area contributed by atoms with E-state index >= 15 is 0 Å². The second-order valence-corrected chi connectivity index (χ2v) is 6.49. The third kappa shape index (κ3) is 4.69. The number of nitrogens with one attached hydrogen (secondary N) is 1. The molecule has 1 N–H and O–H groups in total. The predicted molar refractivity (Wildman–Crippen MR) is 90.6 cm³/mol. The summed E-state index contributed by atoms with van der Waals surface area (Å²) in [7, 11) is 0. The van der Waals surface area contributed by atoms with Gasteiger partial charge >= 0.3 is 6.18 Å². The molecule has 144 valence electrons. The topological polar surface area (TPSA) is 62.6 Å². The molecule has 0 unspecified atom stereocenters. The average molecular weight is 380 g/mol. The van der Waals surface area contributed by atoms with E-state index in [1.807, 2.05) is 0 Å². The molecule has 0 spiro atoms. The molecule has 1 saturated heterocycles. The second kappa shape index (κ2) is 7.85. The molecule has 27 heavy (non-hydrogen) atoms. The first-order chi connectivity index (χ1) is 12.8. The summed E-state index contributed by atoms with van der Waals surface area (Å²) in [6.07, 6.45) is -0.568. The Hall–Kier alpha value is -2.77. The molecule has 1 aromatic heterocycles. The summed E-state index contributed by atoms with van der Waals surface area (Å²) >= 11 is 0. The highest BCUT2D eigenvalue weighted by Crippen LogP contribution is 2.29. The van der Waals surface area contributed by atoms with Crippen LogP contribution in [0.1, 0.15) is 34.3 Å². The SMILES string of the molecule is O=C(NCc1cccc(C(F)(F)F)c1)C1CCN(C(=O)c2ccoc2)CC1. The van der Waals surface area contributed by atoms with Gasteiger partial charge in [0.25, 0.3) is 5.91 Å². The number of furan rings is 1. The molecule has 8 heteroatoms. The van der Waals surface area contributed by atoms with E-state index in [1.165, 1.54) is 18.6 Å². The molecule has 0 saturated carbocycles. The van der Waals surface area contributed by atoms with E-state index in [1.54, 1.807) is 17.0 Å². The summed E-state index contributed by atoms with van der Waals surface area (Å²) < 4.78 is 43.1. The number of carbonyl (C=O) groups excluding carboxylic acids is 2. The molecule has 1 aliphatic heterocycles. The smallest absolute Gasteiger partial charge is 0.416 e. The Labute approximate surface area is 154 Å². The molecule has 0 aliphatic carbocycles. The number of rotatable bonds is 4. The Morgan fingerprint density at radius 2 is 1.93 bits per heavy atom. The lowest BCUT2D eigenvalue weighted by molar-refractivity contribution is -0.137. The third-order valence-corrected chi connectivity index (χ3v) is 4.64. The van der Waals surface area contributed by atoms with Crippen molar-refractivity contribution < 1.29 is 27.2 Å². The maximum atomic E-state index is 12.7. The summed E-state index contributed by atoms with van der Waals surface area (Å²) in [5, 5.41) is 2.69. The number of halogens is 3. The van der Waals surface area contributed by atoms with Crippen LogP contribution in [0.5, 0.6) is 0 Å². The highest BCUT2D eigenvalue weighted by atomic mass is 19.4. The van der Waals surface area contributed by atoms with Crippen LogP contribution in [0.25, 0.3) is 0 Å². The van der Waals surface area contributed by atoms with Crippen molar-refractivity contribution >= 4 is 11.8 Å². The average Bonchev–Trinajstić information content (AvgIpc) is 3.20. The van der Waals surface area contributed by atoms with Crippen molar-refractivity contribution in [1.82, 2.24) is 10.2 Å². The van der Waals surface area contributed by atoms with E-state index in [0.717, 1.165) is 12.1 Å². The van der Waals surface area contributed by atoms with E-state index in [2.05, 4.69) is 5.32 Å². The van der Waals surface area contributed by atoms with Crippen molar-refractivity contribution in [2.24, 2.45) is 5.92 Å². The van der Waals surface area contributed by atoms with Gasteiger partial charge in [0.2, 0.25) is 5.91 Å². The Kier molecular flexibility index (Phi) is 5.53. The van der Waals surface area contributed by atoms with Gasteiger partial charge in [0, 0.05) is 25.6 Å². The second-order valence-electron chi connectivity index (χ2n) is 6.49. The molecular formula is C19H19F3N2O3. The van der Waals surface area contributed by atoms with Gasteiger partial charge in [-0.05, 0) is 36.6 Å². The largest absolute Gasteiger partial charge is 0.472 e. The van der Waals surface area contributed by atoms with Gasteiger partial charge in [0.05, 0.1) is 17.4 Å². The van der Waals surface area contributed by atoms with Crippen LogP contribution >= 0.6 is 0 Å². The van der Waals surface area contributed by atoms with Crippen LogP contribution in [-0.2, 0) is 17.5 Å². The van der Waals surface area contributed by atoms with Gasteiger partial charge in [-0.2, -0.15) is 13.2 Å². The van der Waals surface area contributed by atoms with E-state index < -0.39 is 11.7 Å². The molecule has 0 bridgehead atoms. The van der Waals surface area contributed by atoms with Crippen molar-refractivity contribution in [3.63, 3.8) is 0 Å². The van der Waals surface area contributed by atoms with Crippen molar-refractivity contribution in [3.8, 4) is 0 Å². The van der Waals surface area contributed by atoms with Crippen LogP contribution < -0.4 is 5.32 Å². The van der Waals surface area contributed by atoms with Crippen LogP contribution in [0.15, 0.2) is 47.3 Å². The first-order valence-electron chi connectivity index (χ1n) is 8.60. The molecule has 2 amide bonds. The molecule has 1 aliphatic rings. The van der Waals surface area contributed by atoms with Crippen molar-refractivity contribution in [3.05, 3.63) is 59.5 Å².